The minimum Gasteiger partial charge on any atom is -0.354 e. The van der Waals surface area contributed by atoms with Gasteiger partial charge in [-0.3, -0.25) is 14.4 Å². The maximum absolute atomic E-state index is 13.3. The third-order valence-corrected chi connectivity index (χ3v) is 8.10. The molecule has 3 rings (SSSR count). The Morgan fingerprint density at radius 1 is 1.09 bits per heavy atom. The van der Waals surface area contributed by atoms with Crippen LogP contribution in [0.3, 0.4) is 0 Å². The Bertz CT molecular complexity index is 1200. The molecule has 1 atom stereocenters. The summed E-state index contributed by atoms with van der Waals surface area (Å²) in [5, 5.41) is 3.42. The van der Waals surface area contributed by atoms with Crippen LogP contribution in [0.5, 0.6) is 0 Å². The normalized spacial score (nSPS) is 15.1. The number of carbonyl (C=O) groups is 3. The molecule has 11 heteroatoms. The number of nitrogens with zero attached hydrogens (tertiary/aromatic N) is 2. The Hall–Kier alpha value is -2.62. The van der Waals surface area contributed by atoms with Gasteiger partial charge >= 0.3 is 0 Å². The van der Waals surface area contributed by atoms with Gasteiger partial charge in [0.05, 0.1) is 5.56 Å². The van der Waals surface area contributed by atoms with E-state index in [0.717, 1.165) is 6.42 Å². The van der Waals surface area contributed by atoms with Crippen molar-refractivity contribution in [3.8, 4) is 0 Å². The SMILES string of the molecule is CCCNC(=O)[C@H](C)N(Cc1c(Cl)cccc1Cl)C(=O)CCN1C(=O)c2ccccc2S1(=O)=O. The Balaban J connectivity index is 1.83. The summed E-state index contributed by atoms with van der Waals surface area (Å²) in [5.41, 5.74) is 0.536. The summed E-state index contributed by atoms with van der Waals surface area (Å²) in [4.78, 5) is 39.8. The van der Waals surface area contributed by atoms with Crippen molar-refractivity contribution in [1.29, 1.82) is 0 Å². The molecule has 0 bridgehead atoms. The molecule has 1 N–H and O–H groups in total. The van der Waals surface area contributed by atoms with Crippen molar-refractivity contribution >= 4 is 50.9 Å². The topological polar surface area (TPSA) is 104 Å². The van der Waals surface area contributed by atoms with Gasteiger partial charge in [0.2, 0.25) is 11.8 Å². The number of amides is 3. The molecule has 1 heterocycles. The number of rotatable bonds is 9. The van der Waals surface area contributed by atoms with E-state index < -0.39 is 27.9 Å². The molecule has 0 radical (unpaired) electrons. The third kappa shape index (κ3) is 5.21. The number of carbonyl (C=O) groups excluding carboxylic acids is 3. The molecule has 0 saturated heterocycles. The number of nitrogens with one attached hydrogen (secondary N) is 1. The second-order valence-electron chi connectivity index (χ2n) is 7.82. The highest BCUT2D eigenvalue weighted by molar-refractivity contribution is 7.90. The summed E-state index contributed by atoms with van der Waals surface area (Å²) in [6.07, 6.45) is 0.407. The lowest BCUT2D eigenvalue weighted by Crippen LogP contribution is -2.48. The molecular formula is C23H25Cl2N3O5S. The maximum atomic E-state index is 13.3. The van der Waals surface area contributed by atoms with Crippen molar-refractivity contribution in [2.24, 2.45) is 0 Å². The van der Waals surface area contributed by atoms with Crippen LogP contribution in [0.2, 0.25) is 10.0 Å². The first-order chi connectivity index (χ1) is 16.1. The smallest absolute Gasteiger partial charge is 0.269 e. The Labute approximate surface area is 208 Å². The first-order valence-electron chi connectivity index (χ1n) is 10.8. The van der Waals surface area contributed by atoms with Crippen molar-refractivity contribution in [2.75, 3.05) is 13.1 Å². The lowest BCUT2D eigenvalue weighted by molar-refractivity contribution is -0.140. The predicted molar refractivity (Wildman–Crippen MR) is 129 cm³/mol. The number of halogens is 2. The maximum Gasteiger partial charge on any atom is 0.269 e. The third-order valence-electron chi connectivity index (χ3n) is 5.55. The van der Waals surface area contributed by atoms with Crippen LogP contribution in [-0.2, 0) is 26.2 Å². The van der Waals surface area contributed by atoms with Gasteiger partial charge < -0.3 is 10.2 Å². The van der Waals surface area contributed by atoms with Crippen LogP contribution in [0.15, 0.2) is 47.4 Å². The van der Waals surface area contributed by atoms with Gasteiger partial charge in [-0.25, -0.2) is 12.7 Å². The Kier molecular flexibility index (Phi) is 8.22. The molecule has 1 aliphatic heterocycles. The van der Waals surface area contributed by atoms with Crippen LogP contribution in [0.4, 0.5) is 0 Å². The predicted octanol–water partition coefficient (Wildman–Crippen LogP) is 3.47. The van der Waals surface area contributed by atoms with Crippen LogP contribution in [0.25, 0.3) is 0 Å². The van der Waals surface area contributed by atoms with E-state index in [9.17, 15) is 22.8 Å². The molecule has 0 aliphatic carbocycles. The lowest BCUT2D eigenvalue weighted by atomic mass is 10.1. The van der Waals surface area contributed by atoms with Gasteiger partial charge in [-0.2, -0.15) is 0 Å². The fraction of sp³-hybridized carbons (Fsp3) is 0.348. The molecule has 3 amide bonds. The second kappa shape index (κ2) is 10.8. The van der Waals surface area contributed by atoms with E-state index in [1.807, 2.05) is 6.92 Å². The quantitative estimate of drug-likeness (QED) is 0.539. The standard InChI is InChI=1S/C23H25Cl2N3O5S/c1-3-12-26-22(30)15(2)27(14-17-18(24)8-6-9-19(17)25)21(29)11-13-28-23(31)16-7-4-5-10-20(16)34(28,32)33/h4-10,15H,3,11-14H2,1-2H3,(H,26,30)/t15-/m0/s1. The first-order valence-corrected chi connectivity index (χ1v) is 12.9. The Morgan fingerprint density at radius 2 is 1.74 bits per heavy atom. The monoisotopic (exact) mass is 525 g/mol. The molecule has 0 saturated carbocycles. The molecule has 8 nitrogen and oxygen atoms in total. The van der Waals surface area contributed by atoms with E-state index >= 15 is 0 Å². The minimum absolute atomic E-state index is 0.0566. The van der Waals surface area contributed by atoms with E-state index in [-0.39, 0.29) is 35.9 Å². The van der Waals surface area contributed by atoms with Crippen molar-refractivity contribution in [3.63, 3.8) is 0 Å². The van der Waals surface area contributed by atoms with Gasteiger partial charge in [-0.15, -0.1) is 0 Å². The van der Waals surface area contributed by atoms with Gasteiger partial charge in [-0.1, -0.05) is 48.3 Å². The van der Waals surface area contributed by atoms with E-state index in [4.69, 9.17) is 23.2 Å². The van der Waals surface area contributed by atoms with Gasteiger partial charge in [0.15, 0.2) is 0 Å². The second-order valence-corrected chi connectivity index (χ2v) is 10.5. The Morgan fingerprint density at radius 3 is 2.35 bits per heavy atom. The average Bonchev–Trinajstić information content (AvgIpc) is 3.00. The zero-order valence-electron chi connectivity index (χ0n) is 18.8. The highest BCUT2D eigenvalue weighted by Crippen LogP contribution is 2.30. The highest BCUT2D eigenvalue weighted by Gasteiger charge is 2.41. The van der Waals surface area contributed by atoms with E-state index in [2.05, 4.69) is 5.32 Å². The molecule has 0 aromatic heterocycles. The van der Waals surface area contributed by atoms with E-state index in [1.54, 1.807) is 31.2 Å². The van der Waals surface area contributed by atoms with Gasteiger partial charge in [0, 0.05) is 41.7 Å². The average molecular weight is 526 g/mol. The van der Waals surface area contributed by atoms with Gasteiger partial charge in [0.25, 0.3) is 15.9 Å². The molecule has 182 valence electrons. The largest absolute Gasteiger partial charge is 0.354 e. The molecule has 1 aliphatic rings. The zero-order valence-corrected chi connectivity index (χ0v) is 21.1. The summed E-state index contributed by atoms with van der Waals surface area (Å²) >= 11 is 12.6. The van der Waals surface area contributed by atoms with E-state index in [1.165, 1.54) is 23.1 Å². The first kappa shape index (κ1) is 26.0. The minimum atomic E-state index is -4.05. The number of fused-ring (bicyclic) bond motifs is 1. The number of hydrogen-bond donors (Lipinski definition) is 1. The molecule has 0 unspecified atom stereocenters. The summed E-state index contributed by atoms with van der Waals surface area (Å²) in [6.45, 7) is 3.50. The van der Waals surface area contributed by atoms with Crippen LogP contribution in [-0.4, -0.2) is 54.5 Å². The molecule has 34 heavy (non-hydrogen) atoms. The highest BCUT2D eigenvalue weighted by atomic mass is 35.5. The molecule has 2 aromatic rings. The van der Waals surface area contributed by atoms with Gasteiger partial charge in [0.1, 0.15) is 10.9 Å². The summed E-state index contributed by atoms with van der Waals surface area (Å²) in [7, 11) is -4.05. The van der Waals surface area contributed by atoms with Crippen LogP contribution in [0.1, 0.15) is 42.6 Å². The molecular weight excluding hydrogens is 501 g/mol. The van der Waals surface area contributed by atoms with Crippen molar-refractivity contribution in [2.45, 2.75) is 44.2 Å². The summed E-state index contributed by atoms with van der Waals surface area (Å²) in [5.74, 6) is -1.57. The summed E-state index contributed by atoms with van der Waals surface area (Å²) < 4.78 is 26.3. The number of hydrogen-bond acceptors (Lipinski definition) is 5. The van der Waals surface area contributed by atoms with Crippen molar-refractivity contribution in [1.82, 2.24) is 14.5 Å². The van der Waals surface area contributed by atoms with Crippen molar-refractivity contribution < 1.29 is 22.8 Å². The zero-order chi connectivity index (χ0) is 25.0. The number of sulfonamides is 1. The van der Waals surface area contributed by atoms with Crippen LogP contribution >= 0.6 is 23.2 Å². The van der Waals surface area contributed by atoms with E-state index in [0.29, 0.717) is 26.5 Å². The van der Waals surface area contributed by atoms with Gasteiger partial charge in [-0.05, 0) is 37.6 Å². The van der Waals surface area contributed by atoms with Crippen molar-refractivity contribution in [3.05, 3.63) is 63.6 Å². The van der Waals surface area contributed by atoms with Crippen LogP contribution < -0.4 is 5.32 Å². The van der Waals surface area contributed by atoms with Crippen LogP contribution in [0, 0.1) is 0 Å². The lowest BCUT2D eigenvalue weighted by Gasteiger charge is -2.30. The molecule has 0 spiro atoms. The summed E-state index contributed by atoms with van der Waals surface area (Å²) in [6, 6.07) is 9.93. The fourth-order valence-electron chi connectivity index (χ4n) is 3.63. The molecule has 2 aromatic carbocycles. The fourth-order valence-corrected chi connectivity index (χ4v) is 5.71. The molecule has 0 fully saturated rings. The number of benzene rings is 2.